The zero-order valence-corrected chi connectivity index (χ0v) is 9.55. The third-order valence-corrected chi connectivity index (χ3v) is 3.04. The van der Waals surface area contributed by atoms with Gasteiger partial charge in [0.15, 0.2) is 0 Å². The Hall–Kier alpha value is -0.730. The summed E-state index contributed by atoms with van der Waals surface area (Å²) < 4.78 is 0. The molecule has 0 aromatic carbocycles. The Kier molecular flexibility index (Phi) is 4.23. The highest BCUT2D eigenvalue weighted by molar-refractivity contribution is 5.74. The van der Waals surface area contributed by atoms with Crippen LogP contribution in [0.25, 0.3) is 0 Å². The summed E-state index contributed by atoms with van der Waals surface area (Å²) in [4.78, 5) is 13.4. The number of urea groups is 1. The lowest BCUT2D eigenvalue weighted by Crippen LogP contribution is -2.43. The van der Waals surface area contributed by atoms with Crippen molar-refractivity contribution >= 4 is 6.03 Å². The van der Waals surface area contributed by atoms with Crippen molar-refractivity contribution in [1.82, 2.24) is 10.2 Å². The first-order chi connectivity index (χ1) is 6.66. The molecule has 1 fully saturated rings. The summed E-state index contributed by atoms with van der Waals surface area (Å²) in [5, 5.41) is 2.93. The van der Waals surface area contributed by atoms with Crippen LogP contribution in [0.3, 0.4) is 0 Å². The van der Waals surface area contributed by atoms with E-state index in [1.54, 1.807) is 0 Å². The van der Waals surface area contributed by atoms with Crippen LogP contribution >= 0.6 is 0 Å². The smallest absolute Gasteiger partial charge is 0.317 e. The van der Waals surface area contributed by atoms with Gasteiger partial charge in [0.1, 0.15) is 0 Å². The number of amides is 2. The van der Waals surface area contributed by atoms with Crippen molar-refractivity contribution in [2.45, 2.75) is 45.6 Å². The average molecular weight is 198 g/mol. The SMILES string of the molecule is CCCCNC(=O)N(C)C(C)C1CC1. The van der Waals surface area contributed by atoms with Gasteiger partial charge in [-0.05, 0) is 32.1 Å². The van der Waals surface area contributed by atoms with Gasteiger partial charge < -0.3 is 10.2 Å². The van der Waals surface area contributed by atoms with E-state index >= 15 is 0 Å². The molecule has 2 amide bonds. The summed E-state index contributed by atoms with van der Waals surface area (Å²) in [6.07, 6.45) is 4.76. The summed E-state index contributed by atoms with van der Waals surface area (Å²) >= 11 is 0. The van der Waals surface area contributed by atoms with Crippen LogP contribution in [0.1, 0.15) is 39.5 Å². The third-order valence-electron chi connectivity index (χ3n) is 3.04. The molecule has 1 atom stereocenters. The van der Waals surface area contributed by atoms with Gasteiger partial charge in [0.2, 0.25) is 0 Å². The van der Waals surface area contributed by atoms with Gasteiger partial charge in [0.05, 0.1) is 0 Å². The van der Waals surface area contributed by atoms with Gasteiger partial charge in [0.25, 0.3) is 0 Å². The van der Waals surface area contributed by atoms with E-state index in [-0.39, 0.29) is 6.03 Å². The monoisotopic (exact) mass is 198 g/mol. The van der Waals surface area contributed by atoms with E-state index in [2.05, 4.69) is 19.2 Å². The minimum absolute atomic E-state index is 0.0813. The van der Waals surface area contributed by atoms with Gasteiger partial charge in [-0.3, -0.25) is 0 Å². The number of carbonyl (C=O) groups is 1. The van der Waals surface area contributed by atoms with Crippen LogP contribution in [0, 0.1) is 5.92 Å². The first-order valence-corrected chi connectivity index (χ1v) is 5.67. The zero-order valence-electron chi connectivity index (χ0n) is 9.55. The van der Waals surface area contributed by atoms with E-state index < -0.39 is 0 Å². The molecule has 3 heteroatoms. The normalized spacial score (nSPS) is 17.6. The van der Waals surface area contributed by atoms with Crippen molar-refractivity contribution in [3.8, 4) is 0 Å². The van der Waals surface area contributed by atoms with Gasteiger partial charge in [-0.1, -0.05) is 13.3 Å². The predicted molar refractivity (Wildman–Crippen MR) is 58.3 cm³/mol. The fourth-order valence-corrected chi connectivity index (χ4v) is 1.58. The first-order valence-electron chi connectivity index (χ1n) is 5.67. The molecule has 0 heterocycles. The standard InChI is InChI=1S/C11H22N2O/c1-4-5-8-12-11(14)13(3)9(2)10-6-7-10/h9-10H,4-8H2,1-3H3,(H,12,14). The molecule has 1 saturated carbocycles. The van der Waals surface area contributed by atoms with Crippen molar-refractivity contribution in [3.05, 3.63) is 0 Å². The summed E-state index contributed by atoms with van der Waals surface area (Å²) in [5.74, 6) is 0.747. The first kappa shape index (κ1) is 11.3. The van der Waals surface area contributed by atoms with Gasteiger partial charge >= 0.3 is 6.03 Å². The molecule has 1 rings (SSSR count). The summed E-state index contributed by atoms with van der Waals surface area (Å²) in [5.41, 5.74) is 0. The van der Waals surface area contributed by atoms with Crippen molar-refractivity contribution in [3.63, 3.8) is 0 Å². The number of hydrogen-bond acceptors (Lipinski definition) is 1. The highest BCUT2D eigenvalue weighted by Crippen LogP contribution is 2.34. The van der Waals surface area contributed by atoms with Crippen LogP contribution in [-0.2, 0) is 0 Å². The summed E-state index contributed by atoms with van der Waals surface area (Å²) in [6, 6.07) is 0.481. The topological polar surface area (TPSA) is 32.3 Å². The summed E-state index contributed by atoms with van der Waals surface area (Å²) in [6.45, 7) is 5.07. The number of carbonyl (C=O) groups excluding carboxylic acids is 1. The van der Waals surface area contributed by atoms with E-state index in [1.807, 2.05) is 11.9 Å². The van der Waals surface area contributed by atoms with E-state index in [4.69, 9.17) is 0 Å². The lowest BCUT2D eigenvalue weighted by molar-refractivity contribution is 0.188. The second-order valence-corrected chi connectivity index (χ2v) is 4.27. The fourth-order valence-electron chi connectivity index (χ4n) is 1.58. The Morgan fingerprint density at radius 1 is 1.57 bits per heavy atom. The molecule has 14 heavy (non-hydrogen) atoms. The van der Waals surface area contributed by atoms with E-state index in [9.17, 15) is 4.79 Å². The highest BCUT2D eigenvalue weighted by Gasteiger charge is 2.32. The number of nitrogens with one attached hydrogen (secondary N) is 1. The zero-order chi connectivity index (χ0) is 10.6. The molecule has 0 aromatic rings. The molecule has 82 valence electrons. The van der Waals surface area contributed by atoms with Crippen molar-refractivity contribution in [2.75, 3.05) is 13.6 Å². The largest absolute Gasteiger partial charge is 0.338 e. The maximum absolute atomic E-state index is 11.6. The van der Waals surface area contributed by atoms with Crippen molar-refractivity contribution < 1.29 is 4.79 Å². The van der Waals surface area contributed by atoms with Gasteiger partial charge in [-0.2, -0.15) is 0 Å². The number of nitrogens with zero attached hydrogens (tertiary/aromatic N) is 1. The lowest BCUT2D eigenvalue weighted by Gasteiger charge is -2.25. The maximum atomic E-state index is 11.6. The van der Waals surface area contributed by atoms with Crippen molar-refractivity contribution in [1.29, 1.82) is 0 Å². The van der Waals surface area contributed by atoms with Gasteiger partial charge in [0, 0.05) is 19.6 Å². The van der Waals surface area contributed by atoms with Crippen molar-refractivity contribution in [2.24, 2.45) is 5.92 Å². The summed E-state index contributed by atoms with van der Waals surface area (Å²) in [7, 11) is 1.89. The molecule has 0 aromatic heterocycles. The molecular formula is C11H22N2O. The van der Waals surface area contributed by atoms with Crippen LogP contribution in [0.4, 0.5) is 4.79 Å². The second-order valence-electron chi connectivity index (χ2n) is 4.27. The molecule has 3 nitrogen and oxygen atoms in total. The van der Waals surface area contributed by atoms with Gasteiger partial charge in [-0.15, -0.1) is 0 Å². The predicted octanol–water partition coefficient (Wildman–Crippen LogP) is 2.23. The molecule has 0 bridgehead atoms. The van der Waals surface area contributed by atoms with E-state index in [0.717, 1.165) is 25.3 Å². The molecular weight excluding hydrogens is 176 g/mol. The maximum Gasteiger partial charge on any atom is 0.317 e. The Bertz CT molecular complexity index is 190. The van der Waals surface area contributed by atoms with Crippen LogP contribution < -0.4 is 5.32 Å². The van der Waals surface area contributed by atoms with Crippen LogP contribution in [-0.4, -0.2) is 30.6 Å². The van der Waals surface area contributed by atoms with Crippen LogP contribution in [0.5, 0.6) is 0 Å². The molecule has 0 saturated heterocycles. The lowest BCUT2D eigenvalue weighted by atomic mass is 10.2. The molecule has 0 spiro atoms. The Labute approximate surface area is 86.9 Å². The number of rotatable bonds is 5. The molecule has 1 aliphatic carbocycles. The van der Waals surface area contributed by atoms with E-state index in [1.165, 1.54) is 12.8 Å². The molecule has 0 aliphatic heterocycles. The Morgan fingerprint density at radius 3 is 2.71 bits per heavy atom. The molecule has 1 aliphatic rings. The average Bonchev–Trinajstić information content (AvgIpc) is 2.99. The number of hydrogen-bond donors (Lipinski definition) is 1. The van der Waals surface area contributed by atoms with Crippen LogP contribution in [0.15, 0.2) is 0 Å². The number of unbranched alkanes of at least 4 members (excludes halogenated alkanes) is 1. The van der Waals surface area contributed by atoms with Crippen LogP contribution in [0.2, 0.25) is 0 Å². The minimum atomic E-state index is 0.0813. The van der Waals surface area contributed by atoms with E-state index in [0.29, 0.717) is 6.04 Å². The minimum Gasteiger partial charge on any atom is -0.338 e. The molecule has 1 unspecified atom stereocenters. The Balaban J connectivity index is 2.20. The van der Waals surface area contributed by atoms with Gasteiger partial charge in [-0.25, -0.2) is 4.79 Å². The molecule has 0 radical (unpaired) electrons. The quantitative estimate of drug-likeness (QED) is 0.675. The third kappa shape index (κ3) is 3.20. The fraction of sp³-hybridized carbons (Fsp3) is 0.909. The highest BCUT2D eigenvalue weighted by atomic mass is 16.2. The second kappa shape index (κ2) is 5.23. The molecule has 1 N–H and O–H groups in total. The Morgan fingerprint density at radius 2 is 2.21 bits per heavy atom.